The van der Waals surface area contributed by atoms with Gasteiger partial charge in [-0.15, -0.1) is 0 Å². The Hall–Kier alpha value is -0.800. The topological polar surface area (TPSA) is 24.9 Å². The number of anilines is 1. The molecule has 1 aromatic carbocycles. The lowest BCUT2D eigenvalue weighted by atomic mass is 10.1. The van der Waals surface area contributed by atoms with Gasteiger partial charge in [0.15, 0.2) is 0 Å². The molecule has 0 aliphatic rings. The van der Waals surface area contributed by atoms with Crippen molar-refractivity contribution in [2.45, 2.75) is 0 Å². The van der Waals surface area contributed by atoms with E-state index in [0.29, 0.717) is 5.02 Å². The van der Waals surface area contributed by atoms with Crippen molar-refractivity contribution in [2.24, 2.45) is 0 Å². The minimum atomic E-state index is 0.709. The second-order valence-electron chi connectivity index (χ2n) is 2.87. The molecule has 0 fully saturated rings. The number of hydrogen-bond donors (Lipinski definition) is 1. The number of aromatic nitrogens is 1. The van der Waals surface area contributed by atoms with E-state index in [9.17, 15) is 0 Å². The highest BCUT2D eigenvalue weighted by molar-refractivity contribution is 9.10. The van der Waals surface area contributed by atoms with Gasteiger partial charge < -0.3 is 5.32 Å². The Labute approximate surface area is 95.4 Å². The van der Waals surface area contributed by atoms with Crippen molar-refractivity contribution in [3.05, 3.63) is 33.9 Å². The Morgan fingerprint density at radius 3 is 2.93 bits per heavy atom. The van der Waals surface area contributed by atoms with Crippen LogP contribution in [0, 0.1) is 0 Å². The maximum absolute atomic E-state index is 6.11. The summed E-state index contributed by atoms with van der Waals surface area (Å²) in [5.41, 5.74) is 0. The van der Waals surface area contributed by atoms with Gasteiger partial charge in [-0.2, -0.15) is 0 Å². The fourth-order valence-corrected chi connectivity index (χ4v) is 2.11. The van der Waals surface area contributed by atoms with Crippen molar-refractivity contribution in [2.75, 3.05) is 12.4 Å². The van der Waals surface area contributed by atoms with Crippen LogP contribution in [-0.2, 0) is 0 Å². The molecule has 0 atom stereocenters. The predicted octanol–water partition coefficient (Wildman–Crippen LogP) is 3.69. The van der Waals surface area contributed by atoms with Crippen molar-refractivity contribution in [1.29, 1.82) is 0 Å². The lowest BCUT2D eigenvalue weighted by molar-refractivity contribution is 1.30. The molecule has 0 unspecified atom stereocenters. The highest BCUT2D eigenvalue weighted by atomic mass is 79.9. The lowest BCUT2D eigenvalue weighted by Crippen LogP contribution is -1.93. The van der Waals surface area contributed by atoms with Gasteiger partial charge in [0.1, 0.15) is 5.82 Å². The summed E-state index contributed by atoms with van der Waals surface area (Å²) in [4.78, 5) is 4.24. The van der Waals surface area contributed by atoms with E-state index in [2.05, 4.69) is 26.2 Å². The Morgan fingerprint density at radius 1 is 1.43 bits per heavy atom. The summed E-state index contributed by atoms with van der Waals surface area (Å²) in [6.07, 6.45) is 1.77. The molecule has 2 nitrogen and oxygen atoms in total. The van der Waals surface area contributed by atoms with Crippen molar-refractivity contribution in [3.8, 4) is 0 Å². The van der Waals surface area contributed by atoms with E-state index in [1.54, 1.807) is 6.20 Å². The van der Waals surface area contributed by atoms with Crippen LogP contribution in [0.3, 0.4) is 0 Å². The fraction of sp³-hybridized carbons (Fsp3) is 0.100. The normalized spacial score (nSPS) is 10.5. The summed E-state index contributed by atoms with van der Waals surface area (Å²) in [6, 6.07) is 5.79. The minimum Gasteiger partial charge on any atom is -0.373 e. The van der Waals surface area contributed by atoms with Gasteiger partial charge in [0.25, 0.3) is 0 Å². The Balaban J connectivity index is 2.92. The summed E-state index contributed by atoms with van der Waals surface area (Å²) < 4.78 is 0.953. The van der Waals surface area contributed by atoms with Gasteiger partial charge in [-0.1, -0.05) is 23.7 Å². The summed E-state index contributed by atoms with van der Waals surface area (Å²) in [6.45, 7) is 0. The molecule has 1 aromatic heterocycles. The van der Waals surface area contributed by atoms with E-state index in [-0.39, 0.29) is 0 Å². The number of nitrogens with zero attached hydrogens (tertiary/aromatic N) is 1. The highest BCUT2D eigenvalue weighted by Crippen LogP contribution is 2.32. The molecule has 0 bridgehead atoms. The molecule has 4 heteroatoms. The van der Waals surface area contributed by atoms with E-state index >= 15 is 0 Å². The Kier molecular flexibility index (Phi) is 2.61. The summed E-state index contributed by atoms with van der Waals surface area (Å²) in [5, 5.41) is 5.75. The number of halogens is 2. The van der Waals surface area contributed by atoms with Gasteiger partial charge in [-0.05, 0) is 22.0 Å². The number of nitrogens with one attached hydrogen (secondary N) is 1. The summed E-state index contributed by atoms with van der Waals surface area (Å²) >= 11 is 9.56. The molecule has 0 amide bonds. The third kappa shape index (κ3) is 1.47. The van der Waals surface area contributed by atoms with Crippen molar-refractivity contribution < 1.29 is 0 Å². The van der Waals surface area contributed by atoms with Crippen molar-refractivity contribution in [3.63, 3.8) is 0 Å². The third-order valence-corrected chi connectivity index (χ3v) is 3.00. The van der Waals surface area contributed by atoms with Crippen LogP contribution in [0.15, 0.2) is 28.9 Å². The largest absolute Gasteiger partial charge is 0.373 e. The first-order valence-electron chi connectivity index (χ1n) is 4.14. The second kappa shape index (κ2) is 3.75. The average Bonchev–Trinajstić information content (AvgIpc) is 2.20. The Morgan fingerprint density at radius 2 is 2.21 bits per heavy atom. The highest BCUT2D eigenvalue weighted by Gasteiger charge is 2.07. The van der Waals surface area contributed by atoms with Crippen LogP contribution in [0.25, 0.3) is 10.8 Å². The molecule has 0 aliphatic carbocycles. The summed E-state index contributed by atoms with van der Waals surface area (Å²) in [5.74, 6) is 0.800. The first-order chi connectivity index (χ1) is 6.74. The quantitative estimate of drug-likeness (QED) is 0.855. The molecule has 1 heterocycles. The van der Waals surface area contributed by atoms with E-state index in [4.69, 9.17) is 11.6 Å². The lowest BCUT2D eigenvalue weighted by Gasteiger charge is -2.07. The maximum atomic E-state index is 6.11. The molecule has 2 rings (SSSR count). The molecule has 0 aliphatic heterocycles. The molecular formula is C10H8BrClN2. The van der Waals surface area contributed by atoms with E-state index in [1.165, 1.54) is 0 Å². The summed E-state index contributed by atoms with van der Waals surface area (Å²) in [7, 11) is 1.83. The van der Waals surface area contributed by atoms with Crippen LogP contribution >= 0.6 is 27.5 Å². The first kappa shape index (κ1) is 9.74. The fourth-order valence-electron chi connectivity index (χ4n) is 1.41. The first-order valence-corrected chi connectivity index (χ1v) is 5.31. The van der Waals surface area contributed by atoms with Crippen LogP contribution in [0.2, 0.25) is 5.02 Å². The molecular weight excluding hydrogens is 263 g/mol. The molecule has 0 spiro atoms. The van der Waals surface area contributed by atoms with E-state index in [0.717, 1.165) is 21.1 Å². The van der Waals surface area contributed by atoms with Crippen LogP contribution in [0.4, 0.5) is 5.82 Å². The molecule has 14 heavy (non-hydrogen) atoms. The second-order valence-corrected chi connectivity index (χ2v) is 4.13. The zero-order chi connectivity index (χ0) is 10.1. The van der Waals surface area contributed by atoms with Gasteiger partial charge in [0, 0.05) is 28.5 Å². The average molecular weight is 272 g/mol. The molecule has 0 radical (unpaired) electrons. The minimum absolute atomic E-state index is 0.709. The molecule has 1 N–H and O–H groups in total. The predicted molar refractivity (Wildman–Crippen MR) is 64.0 cm³/mol. The number of pyridine rings is 1. The van der Waals surface area contributed by atoms with Gasteiger partial charge in [-0.25, -0.2) is 4.98 Å². The van der Waals surface area contributed by atoms with Crippen LogP contribution < -0.4 is 5.32 Å². The number of hydrogen-bond acceptors (Lipinski definition) is 2. The smallest absolute Gasteiger partial charge is 0.135 e. The zero-order valence-corrected chi connectivity index (χ0v) is 9.85. The van der Waals surface area contributed by atoms with Gasteiger partial charge >= 0.3 is 0 Å². The van der Waals surface area contributed by atoms with E-state index < -0.39 is 0 Å². The van der Waals surface area contributed by atoms with Crippen LogP contribution in [0.1, 0.15) is 0 Å². The monoisotopic (exact) mass is 270 g/mol. The van der Waals surface area contributed by atoms with Crippen molar-refractivity contribution in [1.82, 2.24) is 4.98 Å². The molecule has 72 valence electrons. The number of rotatable bonds is 1. The van der Waals surface area contributed by atoms with Crippen molar-refractivity contribution >= 4 is 44.1 Å². The van der Waals surface area contributed by atoms with Gasteiger partial charge in [0.2, 0.25) is 0 Å². The SMILES string of the molecule is CNc1ncc(Br)c2cccc(Cl)c12. The standard InChI is InChI=1S/C10H8BrClN2/c1-13-10-9-6(7(11)5-14-10)3-2-4-8(9)12/h2-5H,1H3,(H,13,14). The molecule has 0 saturated heterocycles. The van der Waals surface area contributed by atoms with Gasteiger partial charge in [0.05, 0.1) is 5.02 Å². The Bertz CT molecular complexity index is 485. The zero-order valence-electron chi connectivity index (χ0n) is 7.51. The molecule has 0 saturated carbocycles. The number of benzene rings is 1. The van der Waals surface area contributed by atoms with Crippen LogP contribution in [-0.4, -0.2) is 12.0 Å². The number of fused-ring (bicyclic) bond motifs is 1. The third-order valence-electron chi connectivity index (χ3n) is 2.05. The van der Waals surface area contributed by atoms with Gasteiger partial charge in [-0.3, -0.25) is 0 Å². The maximum Gasteiger partial charge on any atom is 0.135 e. The molecule has 2 aromatic rings. The van der Waals surface area contributed by atoms with E-state index in [1.807, 2.05) is 25.2 Å². The van der Waals surface area contributed by atoms with Crippen LogP contribution in [0.5, 0.6) is 0 Å².